The maximum absolute atomic E-state index is 11.8. The van der Waals surface area contributed by atoms with E-state index in [1.807, 2.05) is 6.07 Å². The summed E-state index contributed by atoms with van der Waals surface area (Å²) in [6, 6.07) is 1.81. The van der Waals surface area contributed by atoms with Crippen LogP contribution in [-0.2, 0) is 29.0 Å². The van der Waals surface area contributed by atoms with Gasteiger partial charge >= 0.3 is 5.97 Å². The smallest absolute Gasteiger partial charge is 0.339 e. The summed E-state index contributed by atoms with van der Waals surface area (Å²) in [4.78, 5) is 23.2. The van der Waals surface area contributed by atoms with Crippen LogP contribution in [0.2, 0.25) is 0 Å². The Balaban J connectivity index is 2.24. The zero-order valence-electron chi connectivity index (χ0n) is 11.8. The van der Waals surface area contributed by atoms with Crippen LogP contribution in [0.15, 0.2) is 6.07 Å². The molecule has 0 radical (unpaired) electrons. The zero-order valence-corrected chi connectivity index (χ0v) is 11.8. The highest BCUT2D eigenvalue weighted by atomic mass is 16.5. The van der Waals surface area contributed by atoms with Crippen LogP contribution in [0.1, 0.15) is 41.5 Å². The van der Waals surface area contributed by atoms with E-state index in [4.69, 9.17) is 4.74 Å². The molecule has 0 aromatic carbocycles. The van der Waals surface area contributed by atoms with Crippen molar-refractivity contribution in [2.75, 3.05) is 7.11 Å². The highest BCUT2D eigenvalue weighted by Crippen LogP contribution is 2.24. The Hall–Kier alpha value is -2.22. The molecule has 1 N–H and O–H groups in total. The first kappa shape index (κ1) is 14.2. The second-order valence-corrected chi connectivity index (χ2v) is 4.65. The lowest BCUT2D eigenvalue weighted by molar-refractivity contribution is -0.115. The molecule has 1 aromatic rings. The Morgan fingerprint density at radius 1 is 1.45 bits per heavy atom. The van der Waals surface area contributed by atoms with E-state index in [9.17, 15) is 9.59 Å². The third-order valence-corrected chi connectivity index (χ3v) is 3.41. The Kier molecular flexibility index (Phi) is 4.46. The lowest BCUT2D eigenvalue weighted by Crippen LogP contribution is -2.23. The average Bonchev–Trinajstić information content (AvgIpc) is 2.84. The zero-order chi connectivity index (χ0) is 14.5. The number of methoxy groups -OCH3 is 1. The number of carbonyl (C=O) groups excluding carboxylic acids is 2. The lowest BCUT2D eigenvalue weighted by atomic mass is 10.1. The van der Waals surface area contributed by atoms with Gasteiger partial charge in [0.1, 0.15) is 0 Å². The Labute approximate surface area is 118 Å². The summed E-state index contributed by atoms with van der Waals surface area (Å²) in [6.45, 7) is 2.86. The summed E-state index contributed by atoms with van der Waals surface area (Å²) in [5, 5.41) is 2.73. The van der Waals surface area contributed by atoms with Gasteiger partial charge in [0.05, 0.1) is 19.2 Å². The number of nitrogens with one attached hydrogen (secondary N) is 1. The Morgan fingerprint density at radius 2 is 2.25 bits per heavy atom. The van der Waals surface area contributed by atoms with Gasteiger partial charge in [0.2, 0.25) is 0 Å². The van der Waals surface area contributed by atoms with Gasteiger partial charge in [-0.1, -0.05) is 5.92 Å². The number of carbonyl (C=O) groups is 2. The Morgan fingerprint density at radius 3 is 2.95 bits per heavy atom. The fraction of sp³-hybridized carbons (Fsp3) is 0.467. The van der Waals surface area contributed by atoms with Gasteiger partial charge in [-0.3, -0.25) is 4.79 Å². The van der Waals surface area contributed by atoms with Crippen LogP contribution in [0, 0.1) is 11.8 Å². The molecule has 0 aliphatic carbocycles. The van der Waals surface area contributed by atoms with Gasteiger partial charge in [0.15, 0.2) is 0 Å². The topological polar surface area (TPSA) is 60.3 Å². The number of amides is 1. The van der Waals surface area contributed by atoms with Crippen molar-refractivity contribution in [3.63, 3.8) is 0 Å². The van der Waals surface area contributed by atoms with Crippen molar-refractivity contribution >= 4 is 11.9 Å². The predicted molar refractivity (Wildman–Crippen MR) is 74.0 cm³/mol. The van der Waals surface area contributed by atoms with Crippen molar-refractivity contribution in [2.24, 2.45) is 0 Å². The summed E-state index contributed by atoms with van der Waals surface area (Å²) in [6.07, 6.45) is 3.02. The largest absolute Gasteiger partial charge is 0.465 e. The number of hydrogen-bond acceptors (Lipinski definition) is 3. The summed E-state index contributed by atoms with van der Waals surface area (Å²) >= 11 is 0. The SMILES string of the molecule is CC#CC(=O)NCc1cc(C(=O)OC)c2n1CCCC2. The molecule has 1 aliphatic rings. The maximum Gasteiger partial charge on any atom is 0.339 e. The number of nitrogens with zero attached hydrogens (tertiary/aromatic N) is 1. The minimum atomic E-state index is -0.318. The Bertz CT molecular complexity index is 590. The molecule has 0 spiro atoms. The van der Waals surface area contributed by atoms with E-state index in [1.165, 1.54) is 7.11 Å². The summed E-state index contributed by atoms with van der Waals surface area (Å²) in [5.41, 5.74) is 2.54. The van der Waals surface area contributed by atoms with Gasteiger partial charge in [-0.2, -0.15) is 0 Å². The van der Waals surface area contributed by atoms with E-state index in [2.05, 4.69) is 21.7 Å². The second-order valence-electron chi connectivity index (χ2n) is 4.65. The fourth-order valence-corrected chi connectivity index (χ4v) is 2.52. The molecule has 2 rings (SSSR count). The number of rotatable bonds is 3. The fourth-order valence-electron chi connectivity index (χ4n) is 2.52. The first-order valence-electron chi connectivity index (χ1n) is 6.67. The molecule has 0 saturated carbocycles. The molecule has 5 nitrogen and oxygen atoms in total. The first-order valence-corrected chi connectivity index (χ1v) is 6.67. The molecule has 20 heavy (non-hydrogen) atoms. The van der Waals surface area contributed by atoms with E-state index in [1.54, 1.807) is 6.92 Å². The molecule has 1 aromatic heterocycles. The minimum Gasteiger partial charge on any atom is -0.465 e. The van der Waals surface area contributed by atoms with Crippen LogP contribution in [0.3, 0.4) is 0 Å². The van der Waals surface area contributed by atoms with Crippen molar-refractivity contribution in [3.05, 3.63) is 23.0 Å². The molecule has 0 saturated heterocycles. The molecule has 1 amide bonds. The van der Waals surface area contributed by atoms with Crippen LogP contribution in [0.4, 0.5) is 0 Å². The van der Waals surface area contributed by atoms with E-state index in [-0.39, 0.29) is 11.9 Å². The van der Waals surface area contributed by atoms with E-state index < -0.39 is 0 Å². The van der Waals surface area contributed by atoms with Crippen LogP contribution in [-0.4, -0.2) is 23.6 Å². The van der Waals surface area contributed by atoms with Crippen LogP contribution >= 0.6 is 0 Å². The van der Waals surface area contributed by atoms with Crippen LogP contribution < -0.4 is 5.32 Å². The molecule has 0 unspecified atom stereocenters. The van der Waals surface area contributed by atoms with Crippen LogP contribution in [0.25, 0.3) is 0 Å². The highest BCUT2D eigenvalue weighted by molar-refractivity contribution is 5.93. The van der Waals surface area contributed by atoms with Crippen molar-refractivity contribution < 1.29 is 14.3 Å². The summed E-state index contributed by atoms with van der Waals surface area (Å²) < 4.78 is 6.92. The minimum absolute atomic E-state index is 0.307. The number of esters is 1. The van der Waals surface area contributed by atoms with Gasteiger partial charge in [0, 0.05) is 17.9 Å². The van der Waals surface area contributed by atoms with E-state index in [0.717, 1.165) is 37.2 Å². The van der Waals surface area contributed by atoms with Gasteiger partial charge in [-0.05, 0) is 38.2 Å². The molecule has 1 aliphatic heterocycles. The first-order chi connectivity index (χ1) is 9.67. The van der Waals surface area contributed by atoms with Crippen molar-refractivity contribution in [2.45, 2.75) is 39.3 Å². The molecule has 0 fully saturated rings. The highest BCUT2D eigenvalue weighted by Gasteiger charge is 2.22. The molecular formula is C15H18N2O3. The number of aromatic nitrogens is 1. The van der Waals surface area contributed by atoms with Gasteiger partial charge in [-0.15, -0.1) is 0 Å². The molecule has 5 heteroatoms. The third kappa shape index (κ3) is 2.85. The van der Waals surface area contributed by atoms with Crippen molar-refractivity contribution in [1.29, 1.82) is 0 Å². The second kappa shape index (κ2) is 6.29. The molecule has 106 valence electrons. The van der Waals surface area contributed by atoms with Crippen molar-refractivity contribution in [3.8, 4) is 11.8 Å². The molecule has 2 heterocycles. The van der Waals surface area contributed by atoms with Gasteiger partial charge in [0.25, 0.3) is 5.91 Å². The normalized spacial score (nSPS) is 12.9. The van der Waals surface area contributed by atoms with Gasteiger partial charge < -0.3 is 14.6 Å². The average molecular weight is 274 g/mol. The quantitative estimate of drug-likeness (QED) is 0.666. The monoisotopic (exact) mass is 274 g/mol. The maximum atomic E-state index is 11.8. The third-order valence-electron chi connectivity index (χ3n) is 3.41. The number of fused-ring (bicyclic) bond motifs is 1. The summed E-state index contributed by atoms with van der Waals surface area (Å²) in [7, 11) is 1.38. The van der Waals surface area contributed by atoms with Crippen LogP contribution in [0.5, 0.6) is 0 Å². The summed E-state index contributed by atoms with van der Waals surface area (Å²) in [5.74, 6) is 4.37. The lowest BCUT2D eigenvalue weighted by Gasteiger charge is -2.18. The molecule has 0 bridgehead atoms. The van der Waals surface area contributed by atoms with E-state index >= 15 is 0 Å². The number of hydrogen-bond donors (Lipinski definition) is 1. The predicted octanol–water partition coefficient (Wildman–Crippen LogP) is 1.25. The van der Waals surface area contributed by atoms with E-state index in [0.29, 0.717) is 12.1 Å². The standard InChI is InChI=1S/C15H18N2O3/c1-3-6-14(18)16-10-11-9-12(15(19)20-2)13-7-4-5-8-17(11)13/h9H,4-5,7-8,10H2,1-2H3,(H,16,18). The van der Waals surface area contributed by atoms with Gasteiger partial charge in [-0.25, -0.2) is 4.79 Å². The number of ether oxygens (including phenoxy) is 1. The molecule has 0 atom stereocenters. The molecular weight excluding hydrogens is 256 g/mol. The van der Waals surface area contributed by atoms with Crippen molar-refractivity contribution in [1.82, 2.24) is 9.88 Å².